The summed E-state index contributed by atoms with van der Waals surface area (Å²) in [6.45, 7) is 4.36. The SMILES string of the molecule is CC(O)c1cccc(F)c1N1CCC(C)(O)C1. The van der Waals surface area contributed by atoms with Crippen LogP contribution in [0.2, 0.25) is 0 Å². The molecule has 1 saturated heterocycles. The van der Waals surface area contributed by atoms with Gasteiger partial charge in [0.1, 0.15) is 5.82 Å². The van der Waals surface area contributed by atoms with Crippen LogP contribution in [-0.2, 0) is 0 Å². The van der Waals surface area contributed by atoms with Gasteiger partial charge in [-0.25, -0.2) is 4.39 Å². The number of benzene rings is 1. The minimum atomic E-state index is -0.780. The number of hydrogen-bond donors (Lipinski definition) is 2. The van der Waals surface area contributed by atoms with Gasteiger partial charge in [-0.2, -0.15) is 0 Å². The van der Waals surface area contributed by atoms with Crippen molar-refractivity contribution >= 4 is 5.69 Å². The lowest BCUT2D eigenvalue weighted by atomic mass is 10.1. The fraction of sp³-hybridized carbons (Fsp3) is 0.538. The molecule has 1 aliphatic heterocycles. The molecule has 0 bridgehead atoms. The highest BCUT2D eigenvalue weighted by molar-refractivity contribution is 5.57. The summed E-state index contributed by atoms with van der Waals surface area (Å²) >= 11 is 0. The average molecular weight is 239 g/mol. The molecule has 1 aromatic carbocycles. The molecule has 17 heavy (non-hydrogen) atoms. The average Bonchev–Trinajstić information content (AvgIpc) is 2.58. The first kappa shape index (κ1) is 12.3. The zero-order chi connectivity index (χ0) is 12.6. The maximum atomic E-state index is 13.9. The number of aliphatic hydroxyl groups is 2. The van der Waals surface area contributed by atoms with Gasteiger partial charge in [0, 0.05) is 18.7 Å². The summed E-state index contributed by atoms with van der Waals surface area (Å²) in [5.41, 5.74) is 0.209. The van der Waals surface area contributed by atoms with Crippen LogP contribution in [0.4, 0.5) is 10.1 Å². The van der Waals surface area contributed by atoms with Crippen molar-refractivity contribution < 1.29 is 14.6 Å². The summed E-state index contributed by atoms with van der Waals surface area (Å²) in [4.78, 5) is 1.80. The normalized spacial score (nSPS) is 26.3. The number of hydrogen-bond acceptors (Lipinski definition) is 3. The van der Waals surface area contributed by atoms with E-state index in [1.54, 1.807) is 30.9 Å². The Morgan fingerprint density at radius 1 is 1.47 bits per heavy atom. The molecule has 1 aliphatic rings. The minimum absolute atomic E-state index is 0.346. The van der Waals surface area contributed by atoms with Crippen molar-refractivity contribution in [2.75, 3.05) is 18.0 Å². The molecule has 2 N–H and O–H groups in total. The molecule has 4 heteroatoms. The van der Waals surface area contributed by atoms with Crippen LogP contribution in [0.15, 0.2) is 18.2 Å². The fourth-order valence-corrected chi connectivity index (χ4v) is 2.34. The fourth-order valence-electron chi connectivity index (χ4n) is 2.34. The Labute approximate surface area is 100 Å². The highest BCUT2D eigenvalue weighted by Gasteiger charge is 2.33. The second-order valence-corrected chi connectivity index (χ2v) is 5.02. The van der Waals surface area contributed by atoms with E-state index in [0.29, 0.717) is 30.8 Å². The Balaban J connectivity index is 2.38. The molecule has 1 heterocycles. The third-order valence-electron chi connectivity index (χ3n) is 3.24. The topological polar surface area (TPSA) is 43.7 Å². The van der Waals surface area contributed by atoms with Crippen LogP contribution in [0.1, 0.15) is 31.9 Å². The van der Waals surface area contributed by atoms with Gasteiger partial charge in [-0.1, -0.05) is 12.1 Å². The standard InChI is InChI=1S/C13H18FNO2/c1-9(16)10-4-3-5-11(14)12(10)15-7-6-13(2,17)8-15/h3-5,9,16-17H,6-8H2,1-2H3. The number of para-hydroxylation sites is 1. The first-order valence-electron chi connectivity index (χ1n) is 5.84. The molecule has 2 unspecified atom stereocenters. The summed E-state index contributed by atoms with van der Waals surface area (Å²) in [5, 5.41) is 19.6. The van der Waals surface area contributed by atoms with Crippen LogP contribution in [0.3, 0.4) is 0 Å². The molecule has 0 saturated carbocycles. The zero-order valence-electron chi connectivity index (χ0n) is 10.2. The van der Waals surface area contributed by atoms with Gasteiger partial charge in [0.15, 0.2) is 0 Å². The monoisotopic (exact) mass is 239 g/mol. The summed E-state index contributed by atoms with van der Waals surface area (Å²) in [7, 11) is 0. The van der Waals surface area contributed by atoms with Crippen LogP contribution in [0.5, 0.6) is 0 Å². The van der Waals surface area contributed by atoms with E-state index in [2.05, 4.69) is 0 Å². The van der Waals surface area contributed by atoms with Crippen LogP contribution in [0.25, 0.3) is 0 Å². The smallest absolute Gasteiger partial charge is 0.146 e. The molecule has 0 aromatic heterocycles. The molecule has 0 aliphatic carbocycles. The van der Waals surface area contributed by atoms with Crippen LogP contribution in [-0.4, -0.2) is 28.9 Å². The summed E-state index contributed by atoms with van der Waals surface area (Å²) < 4.78 is 13.9. The zero-order valence-corrected chi connectivity index (χ0v) is 10.2. The van der Waals surface area contributed by atoms with Gasteiger partial charge in [0.05, 0.1) is 17.4 Å². The van der Waals surface area contributed by atoms with E-state index in [4.69, 9.17) is 0 Å². The molecule has 0 radical (unpaired) electrons. The van der Waals surface area contributed by atoms with Crippen molar-refractivity contribution in [2.24, 2.45) is 0 Å². The van der Waals surface area contributed by atoms with Crippen molar-refractivity contribution in [2.45, 2.75) is 32.0 Å². The predicted octanol–water partition coefficient (Wildman–Crippen LogP) is 1.84. The Kier molecular flexibility index (Phi) is 3.10. The second-order valence-electron chi connectivity index (χ2n) is 5.02. The van der Waals surface area contributed by atoms with E-state index in [9.17, 15) is 14.6 Å². The lowest BCUT2D eigenvalue weighted by Gasteiger charge is -2.25. The molecule has 0 spiro atoms. The Bertz CT molecular complexity index is 418. The van der Waals surface area contributed by atoms with Gasteiger partial charge in [-0.3, -0.25) is 0 Å². The highest BCUT2D eigenvalue weighted by Crippen LogP contribution is 2.34. The molecule has 2 rings (SSSR count). The molecule has 2 atom stereocenters. The third-order valence-corrected chi connectivity index (χ3v) is 3.24. The largest absolute Gasteiger partial charge is 0.389 e. The number of anilines is 1. The lowest BCUT2D eigenvalue weighted by molar-refractivity contribution is 0.0838. The van der Waals surface area contributed by atoms with Crippen molar-refractivity contribution in [3.05, 3.63) is 29.6 Å². The van der Waals surface area contributed by atoms with Crippen molar-refractivity contribution in [3.63, 3.8) is 0 Å². The maximum Gasteiger partial charge on any atom is 0.146 e. The molecule has 1 fully saturated rings. The number of β-amino-alcohol motifs (C(OH)–C–C–N with tert-alkyl or cyclic N) is 1. The molecule has 0 amide bonds. The van der Waals surface area contributed by atoms with E-state index >= 15 is 0 Å². The lowest BCUT2D eigenvalue weighted by Crippen LogP contribution is -2.30. The molecule has 1 aromatic rings. The van der Waals surface area contributed by atoms with Gasteiger partial charge >= 0.3 is 0 Å². The summed E-state index contributed by atoms with van der Waals surface area (Å²) in [6.07, 6.45) is -0.105. The number of rotatable bonds is 2. The van der Waals surface area contributed by atoms with Gasteiger partial charge < -0.3 is 15.1 Å². The Hall–Kier alpha value is -1.13. The number of halogens is 1. The van der Waals surface area contributed by atoms with Crippen molar-refractivity contribution in [3.8, 4) is 0 Å². The summed E-state index contributed by atoms with van der Waals surface area (Å²) in [6, 6.07) is 4.69. The van der Waals surface area contributed by atoms with Gasteiger partial charge in [0.2, 0.25) is 0 Å². The van der Waals surface area contributed by atoms with Crippen molar-refractivity contribution in [1.29, 1.82) is 0 Å². The molecule has 94 valence electrons. The third kappa shape index (κ3) is 2.42. The van der Waals surface area contributed by atoms with Crippen LogP contribution >= 0.6 is 0 Å². The van der Waals surface area contributed by atoms with Crippen molar-refractivity contribution in [1.82, 2.24) is 0 Å². The van der Waals surface area contributed by atoms with Gasteiger partial charge in [0.25, 0.3) is 0 Å². The summed E-state index contributed by atoms with van der Waals surface area (Å²) in [5.74, 6) is -0.346. The first-order chi connectivity index (χ1) is 7.91. The Morgan fingerprint density at radius 3 is 2.71 bits per heavy atom. The van der Waals surface area contributed by atoms with E-state index in [-0.39, 0.29) is 5.82 Å². The van der Waals surface area contributed by atoms with E-state index in [0.717, 1.165) is 0 Å². The quantitative estimate of drug-likeness (QED) is 0.827. The number of aliphatic hydroxyl groups excluding tert-OH is 1. The molecular formula is C13H18FNO2. The van der Waals surface area contributed by atoms with Gasteiger partial charge in [-0.05, 0) is 26.3 Å². The minimum Gasteiger partial charge on any atom is -0.389 e. The molecular weight excluding hydrogens is 221 g/mol. The second kappa shape index (κ2) is 4.27. The van der Waals surface area contributed by atoms with E-state index < -0.39 is 11.7 Å². The first-order valence-corrected chi connectivity index (χ1v) is 5.84. The van der Waals surface area contributed by atoms with Gasteiger partial charge in [-0.15, -0.1) is 0 Å². The highest BCUT2D eigenvalue weighted by atomic mass is 19.1. The number of nitrogens with zero attached hydrogens (tertiary/aromatic N) is 1. The predicted molar refractivity (Wildman–Crippen MR) is 64.5 cm³/mol. The van der Waals surface area contributed by atoms with E-state index in [1.165, 1.54) is 6.07 Å². The van der Waals surface area contributed by atoms with E-state index in [1.807, 2.05) is 0 Å². The maximum absolute atomic E-state index is 13.9. The van der Waals surface area contributed by atoms with Crippen LogP contribution in [0, 0.1) is 5.82 Å². The molecule has 3 nitrogen and oxygen atoms in total. The Morgan fingerprint density at radius 2 is 2.18 bits per heavy atom. The van der Waals surface area contributed by atoms with Crippen LogP contribution < -0.4 is 4.90 Å².